The summed E-state index contributed by atoms with van der Waals surface area (Å²) in [4.78, 5) is 0. The second kappa shape index (κ2) is 5.06. The van der Waals surface area contributed by atoms with Crippen molar-refractivity contribution in [3.63, 3.8) is 0 Å². The van der Waals surface area contributed by atoms with Crippen molar-refractivity contribution in [1.82, 2.24) is 0 Å². The zero-order chi connectivity index (χ0) is 15.3. The Bertz CT molecular complexity index is 687. The molecule has 0 radical (unpaired) electrons. The van der Waals surface area contributed by atoms with Crippen LogP contribution in [0.1, 0.15) is 23.3 Å². The Labute approximate surface area is 124 Å². The van der Waals surface area contributed by atoms with E-state index in [2.05, 4.69) is 15.9 Å². The molecule has 1 aliphatic rings. The average molecular weight is 365 g/mol. The van der Waals surface area contributed by atoms with Gasteiger partial charge in [-0.2, -0.15) is 0 Å². The number of halogens is 6. The van der Waals surface area contributed by atoms with Crippen LogP contribution in [0.5, 0.6) is 0 Å². The van der Waals surface area contributed by atoms with Crippen LogP contribution >= 0.6 is 15.9 Å². The molecule has 1 aliphatic heterocycles. The van der Waals surface area contributed by atoms with Gasteiger partial charge in [0.05, 0.1) is 5.56 Å². The van der Waals surface area contributed by atoms with E-state index in [1.807, 2.05) is 0 Å². The summed E-state index contributed by atoms with van der Waals surface area (Å²) >= 11 is 3.22. The third-order valence-corrected chi connectivity index (χ3v) is 3.75. The Morgan fingerprint density at radius 1 is 0.714 bits per heavy atom. The van der Waals surface area contributed by atoms with Crippen LogP contribution in [0.3, 0.4) is 0 Å². The Balaban J connectivity index is 1.99. The molecule has 0 N–H and O–H groups in total. The summed E-state index contributed by atoms with van der Waals surface area (Å²) < 4.78 is 72.4. The Morgan fingerprint density at radius 3 is 1.71 bits per heavy atom. The summed E-state index contributed by atoms with van der Waals surface area (Å²) in [6.07, 6.45) is -1.91. The molecule has 3 rings (SSSR count). The first-order chi connectivity index (χ1) is 9.91. The summed E-state index contributed by atoms with van der Waals surface area (Å²) in [5.74, 6) is -9.80. The van der Waals surface area contributed by atoms with Gasteiger partial charge in [-0.25, -0.2) is 22.0 Å². The minimum atomic E-state index is -2.17. The van der Waals surface area contributed by atoms with E-state index in [9.17, 15) is 22.0 Å². The topological polar surface area (TPSA) is 12.5 Å². The molecule has 2 aromatic rings. The molecule has 2 atom stereocenters. The van der Waals surface area contributed by atoms with Crippen molar-refractivity contribution >= 4 is 15.9 Å². The number of rotatable bonds is 2. The van der Waals surface area contributed by atoms with Crippen LogP contribution < -0.4 is 0 Å². The van der Waals surface area contributed by atoms with Crippen LogP contribution in [0.4, 0.5) is 22.0 Å². The van der Waals surface area contributed by atoms with Gasteiger partial charge >= 0.3 is 0 Å². The number of benzene rings is 2. The smallest absolute Gasteiger partial charge is 0.200 e. The van der Waals surface area contributed by atoms with Gasteiger partial charge in [0, 0.05) is 4.47 Å². The molecule has 21 heavy (non-hydrogen) atoms. The maximum Gasteiger partial charge on any atom is 0.200 e. The lowest BCUT2D eigenvalue weighted by Crippen LogP contribution is -2.06. The highest BCUT2D eigenvalue weighted by Crippen LogP contribution is 2.53. The molecule has 1 saturated heterocycles. The van der Waals surface area contributed by atoms with Gasteiger partial charge in [0.2, 0.25) is 5.82 Å². The number of hydrogen-bond donors (Lipinski definition) is 0. The Morgan fingerprint density at radius 2 is 1.19 bits per heavy atom. The first-order valence-electron chi connectivity index (χ1n) is 5.84. The summed E-state index contributed by atoms with van der Waals surface area (Å²) in [5.41, 5.74) is -0.341. The number of hydrogen-bond acceptors (Lipinski definition) is 1. The van der Waals surface area contributed by atoms with Crippen LogP contribution in [-0.4, -0.2) is 0 Å². The van der Waals surface area contributed by atoms with Gasteiger partial charge in [-0.05, 0) is 17.7 Å². The lowest BCUT2D eigenvalue weighted by molar-refractivity contribution is 0.339. The molecule has 0 bridgehead atoms. The van der Waals surface area contributed by atoms with E-state index in [0.717, 1.165) is 4.47 Å². The highest BCUT2D eigenvalue weighted by molar-refractivity contribution is 9.10. The fourth-order valence-electron chi connectivity index (χ4n) is 2.11. The summed E-state index contributed by atoms with van der Waals surface area (Å²) in [5, 5.41) is 0. The van der Waals surface area contributed by atoms with Crippen LogP contribution in [0, 0.1) is 29.1 Å². The highest BCUT2D eigenvalue weighted by atomic mass is 79.9. The molecule has 110 valence electrons. The lowest BCUT2D eigenvalue weighted by atomic mass is 10.0. The van der Waals surface area contributed by atoms with Crippen molar-refractivity contribution in [3.8, 4) is 0 Å². The minimum absolute atomic E-state index is 0.590. The Hall–Kier alpha value is -1.47. The molecule has 0 aliphatic carbocycles. The van der Waals surface area contributed by atoms with Gasteiger partial charge in [-0.15, -0.1) is 0 Å². The standard InChI is InChI=1S/C14H6BrF5O/c15-6-3-1-5(2-4-6)13-14(21-13)7-8(16)10(18)12(20)11(19)9(7)17/h1-4,13-14H/t13-,14-/m1/s1. The van der Waals surface area contributed by atoms with Crippen molar-refractivity contribution < 1.29 is 26.7 Å². The third kappa shape index (κ3) is 2.34. The van der Waals surface area contributed by atoms with Crippen LogP contribution in [0.2, 0.25) is 0 Å². The zero-order valence-corrected chi connectivity index (χ0v) is 11.7. The van der Waals surface area contributed by atoms with Gasteiger partial charge in [0.15, 0.2) is 23.3 Å². The maximum atomic E-state index is 13.6. The van der Waals surface area contributed by atoms with Gasteiger partial charge in [-0.1, -0.05) is 28.1 Å². The summed E-state index contributed by atoms with van der Waals surface area (Å²) in [6.45, 7) is 0. The molecule has 0 unspecified atom stereocenters. The van der Waals surface area contributed by atoms with Crippen molar-refractivity contribution in [2.45, 2.75) is 12.2 Å². The molecule has 1 nitrogen and oxygen atoms in total. The number of epoxide rings is 1. The first kappa shape index (κ1) is 14.5. The molecule has 7 heteroatoms. The fourth-order valence-corrected chi connectivity index (χ4v) is 2.37. The van der Waals surface area contributed by atoms with E-state index in [1.54, 1.807) is 24.3 Å². The van der Waals surface area contributed by atoms with E-state index in [4.69, 9.17) is 4.74 Å². The Kier molecular flexibility index (Phi) is 3.49. The lowest BCUT2D eigenvalue weighted by Gasteiger charge is -2.05. The van der Waals surface area contributed by atoms with E-state index in [0.29, 0.717) is 5.56 Å². The normalized spacial score (nSPS) is 20.7. The van der Waals surface area contributed by atoms with Gasteiger partial charge in [0.25, 0.3) is 0 Å². The molecule has 0 spiro atoms. The maximum absolute atomic E-state index is 13.6. The molecule has 0 saturated carbocycles. The van der Waals surface area contributed by atoms with Crippen LogP contribution in [0.15, 0.2) is 28.7 Å². The fraction of sp³-hybridized carbons (Fsp3) is 0.143. The minimum Gasteiger partial charge on any atom is -0.359 e. The quantitative estimate of drug-likeness (QED) is 0.317. The second-order valence-electron chi connectivity index (χ2n) is 4.51. The monoisotopic (exact) mass is 364 g/mol. The third-order valence-electron chi connectivity index (χ3n) is 3.22. The van der Waals surface area contributed by atoms with E-state index >= 15 is 0 Å². The average Bonchev–Trinajstić information content (AvgIpc) is 3.24. The predicted molar refractivity (Wildman–Crippen MR) is 66.9 cm³/mol. The predicted octanol–water partition coefficient (Wildman–Crippen LogP) is 4.96. The molecule has 2 aromatic carbocycles. The van der Waals surface area contributed by atoms with E-state index in [1.165, 1.54) is 0 Å². The summed E-state index contributed by atoms with van der Waals surface area (Å²) in [7, 11) is 0. The number of ether oxygens (including phenoxy) is 1. The van der Waals surface area contributed by atoms with Crippen molar-refractivity contribution in [3.05, 3.63) is 69.0 Å². The largest absolute Gasteiger partial charge is 0.359 e. The van der Waals surface area contributed by atoms with Crippen LogP contribution in [0.25, 0.3) is 0 Å². The first-order valence-corrected chi connectivity index (χ1v) is 6.63. The molecular formula is C14H6BrF5O. The van der Waals surface area contributed by atoms with Crippen molar-refractivity contribution in [1.29, 1.82) is 0 Å². The van der Waals surface area contributed by atoms with Gasteiger partial charge in [-0.3, -0.25) is 0 Å². The zero-order valence-electron chi connectivity index (χ0n) is 10.1. The van der Waals surface area contributed by atoms with Crippen LogP contribution in [-0.2, 0) is 4.74 Å². The second-order valence-corrected chi connectivity index (χ2v) is 5.43. The summed E-state index contributed by atoms with van der Waals surface area (Å²) in [6, 6.07) is 6.65. The molecule has 1 fully saturated rings. The van der Waals surface area contributed by atoms with Crippen molar-refractivity contribution in [2.24, 2.45) is 0 Å². The van der Waals surface area contributed by atoms with E-state index in [-0.39, 0.29) is 0 Å². The highest BCUT2D eigenvalue weighted by Gasteiger charge is 2.47. The molecule has 1 heterocycles. The van der Waals surface area contributed by atoms with Gasteiger partial charge < -0.3 is 4.74 Å². The van der Waals surface area contributed by atoms with Crippen molar-refractivity contribution in [2.75, 3.05) is 0 Å². The SMILES string of the molecule is Fc1c(F)c(F)c([C@H]2O[C@@H]2c2ccc(Br)cc2)c(F)c1F. The molecule has 0 amide bonds. The van der Waals surface area contributed by atoms with E-state index < -0.39 is 46.9 Å². The van der Waals surface area contributed by atoms with Gasteiger partial charge in [0.1, 0.15) is 12.2 Å². The molecular weight excluding hydrogens is 359 g/mol. The molecule has 0 aromatic heterocycles.